The summed E-state index contributed by atoms with van der Waals surface area (Å²) in [5.41, 5.74) is 0.380. The van der Waals surface area contributed by atoms with E-state index in [2.05, 4.69) is 4.98 Å². The lowest BCUT2D eigenvalue weighted by Gasteiger charge is -2.17. The maximum atomic E-state index is 11.7. The number of amides is 1. The Balaban J connectivity index is 2.55. The second-order valence-corrected chi connectivity index (χ2v) is 4.32. The molecule has 0 saturated carbocycles. The molecule has 17 heavy (non-hydrogen) atoms. The van der Waals surface area contributed by atoms with Gasteiger partial charge in [0.15, 0.2) is 0 Å². The molecule has 0 aliphatic rings. The molecule has 1 amide bonds. The number of hydrogen-bond acceptors (Lipinski definition) is 4. The van der Waals surface area contributed by atoms with Gasteiger partial charge in [-0.25, -0.2) is 4.98 Å². The van der Waals surface area contributed by atoms with Gasteiger partial charge in [-0.3, -0.25) is 4.79 Å². The van der Waals surface area contributed by atoms with Gasteiger partial charge in [0.1, 0.15) is 11.8 Å². The van der Waals surface area contributed by atoms with E-state index in [1.807, 2.05) is 19.9 Å². The smallest absolute Gasteiger partial charge is 0.232 e. The van der Waals surface area contributed by atoms with Crippen LogP contribution in [0.5, 0.6) is 0 Å². The number of rotatable bonds is 5. The number of hydrogen-bond donors (Lipinski definition) is 0. The van der Waals surface area contributed by atoms with E-state index in [1.165, 1.54) is 11.8 Å². The second kappa shape index (κ2) is 6.92. The molecule has 1 aromatic heterocycles. The lowest BCUT2D eigenvalue weighted by atomic mass is 10.4. The van der Waals surface area contributed by atoms with Gasteiger partial charge in [-0.1, -0.05) is 17.8 Å². The highest BCUT2D eigenvalue weighted by atomic mass is 32.2. The van der Waals surface area contributed by atoms with Crippen molar-refractivity contribution in [3.63, 3.8) is 0 Å². The Morgan fingerprint density at radius 3 is 2.76 bits per heavy atom. The van der Waals surface area contributed by atoms with Gasteiger partial charge in [-0.05, 0) is 26.0 Å². The van der Waals surface area contributed by atoms with Gasteiger partial charge in [0.2, 0.25) is 5.91 Å². The Kier molecular flexibility index (Phi) is 5.50. The molecule has 0 atom stereocenters. The van der Waals surface area contributed by atoms with Crippen molar-refractivity contribution in [1.82, 2.24) is 9.88 Å². The fourth-order valence-electron chi connectivity index (χ4n) is 1.36. The van der Waals surface area contributed by atoms with Gasteiger partial charge < -0.3 is 4.90 Å². The Bertz CT molecular complexity index is 424. The largest absolute Gasteiger partial charge is 0.343 e. The van der Waals surface area contributed by atoms with Crippen LogP contribution in [0.2, 0.25) is 0 Å². The molecule has 0 aliphatic carbocycles. The molecule has 0 fully saturated rings. The Morgan fingerprint density at radius 2 is 2.18 bits per heavy atom. The van der Waals surface area contributed by atoms with Crippen LogP contribution in [-0.2, 0) is 4.79 Å². The van der Waals surface area contributed by atoms with Crippen molar-refractivity contribution in [3.8, 4) is 6.07 Å². The molecule has 0 aromatic carbocycles. The van der Waals surface area contributed by atoms with Crippen molar-refractivity contribution < 1.29 is 4.79 Å². The maximum Gasteiger partial charge on any atom is 0.232 e. The standard InChI is InChI=1S/C12H15N3OS/c1-3-15(4-2)12(16)9-17-11-7-5-6-10(8-13)14-11/h5-7H,3-4,9H2,1-2H3. The Labute approximate surface area is 106 Å². The SMILES string of the molecule is CCN(CC)C(=O)CSc1cccc(C#N)n1. The molecule has 1 rings (SSSR count). The molecule has 0 radical (unpaired) electrons. The van der Waals surface area contributed by atoms with Crippen molar-refractivity contribution in [2.75, 3.05) is 18.8 Å². The van der Waals surface area contributed by atoms with Crippen molar-refractivity contribution in [1.29, 1.82) is 5.26 Å². The molecular formula is C12H15N3OS. The number of carbonyl (C=O) groups excluding carboxylic acids is 1. The van der Waals surface area contributed by atoms with Gasteiger partial charge >= 0.3 is 0 Å². The van der Waals surface area contributed by atoms with Gasteiger partial charge in [-0.15, -0.1) is 0 Å². The van der Waals surface area contributed by atoms with Crippen LogP contribution in [0.15, 0.2) is 23.2 Å². The van der Waals surface area contributed by atoms with E-state index >= 15 is 0 Å². The average molecular weight is 249 g/mol. The molecule has 0 aliphatic heterocycles. The minimum atomic E-state index is 0.101. The molecule has 4 nitrogen and oxygen atoms in total. The fourth-order valence-corrected chi connectivity index (χ4v) is 2.15. The van der Waals surface area contributed by atoms with Crippen molar-refractivity contribution in [2.45, 2.75) is 18.9 Å². The molecule has 0 bridgehead atoms. The monoisotopic (exact) mass is 249 g/mol. The molecule has 1 heterocycles. The van der Waals surface area contributed by atoms with E-state index in [0.717, 1.165) is 13.1 Å². The number of thioether (sulfide) groups is 1. The summed E-state index contributed by atoms with van der Waals surface area (Å²) >= 11 is 1.36. The number of nitriles is 1. The van der Waals surface area contributed by atoms with E-state index in [0.29, 0.717) is 16.5 Å². The van der Waals surface area contributed by atoms with E-state index < -0.39 is 0 Å². The first-order valence-corrected chi connectivity index (χ1v) is 6.47. The van der Waals surface area contributed by atoms with Crippen LogP contribution in [0.1, 0.15) is 19.5 Å². The summed E-state index contributed by atoms with van der Waals surface area (Å²) in [6.07, 6.45) is 0. The van der Waals surface area contributed by atoms with Gasteiger partial charge in [0.05, 0.1) is 10.8 Å². The first-order chi connectivity index (χ1) is 8.21. The summed E-state index contributed by atoms with van der Waals surface area (Å²) in [5.74, 6) is 0.466. The zero-order chi connectivity index (χ0) is 12.7. The quantitative estimate of drug-likeness (QED) is 0.748. The lowest BCUT2D eigenvalue weighted by Crippen LogP contribution is -2.31. The van der Waals surface area contributed by atoms with Crippen LogP contribution in [0.4, 0.5) is 0 Å². The van der Waals surface area contributed by atoms with Crippen molar-refractivity contribution in [3.05, 3.63) is 23.9 Å². The zero-order valence-electron chi connectivity index (χ0n) is 10.0. The Hall–Kier alpha value is -1.54. The highest BCUT2D eigenvalue weighted by molar-refractivity contribution is 7.99. The van der Waals surface area contributed by atoms with Crippen molar-refractivity contribution >= 4 is 17.7 Å². The van der Waals surface area contributed by atoms with E-state index in [1.54, 1.807) is 23.1 Å². The maximum absolute atomic E-state index is 11.7. The zero-order valence-corrected chi connectivity index (χ0v) is 10.8. The normalized spacial score (nSPS) is 9.71. The van der Waals surface area contributed by atoms with Crippen LogP contribution in [0.3, 0.4) is 0 Å². The first-order valence-electron chi connectivity index (χ1n) is 5.49. The van der Waals surface area contributed by atoms with E-state index in [9.17, 15) is 4.79 Å². The van der Waals surface area contributed by atoms with Gasteiger partial charge in [0.25, 0.3) is 0 Å². The third kappa shape index (κ3) is 4.08. The summed E-state index contributed by atoms with van der Waals surface area (Å²) in [5, 5.41) is 9.42. The Morgan fingerprint density at radius 1 is 1.47 bits per heavy atom. The van der Waals surface area contributed by atoms with Gasteiger partial charge in [-0.2, -0.15) is 5.26 Å². The van der Waals surface area contributed by atoms with E-state index in [4.69, 9.17) is 5.26 Å². The third-order valence-corrected chi connectivity index (χ3v) is 3.21. The van der Waals surface area contributed by atoms with Gasteiger partial charge in [0, 0.05) is 13.1 Å². The molecular weight excluding hydrogens is 234 g/mol. The third-order valence-electron chi connectivity index (χ3n) is 2.30. The molecule has 0 unspecified atom stereocenters. The highest BCUT2D eigenvalue weighted by Gasteiger charge is 2.10. The lowest BCUT2D eigenvalue weighted by molar-refractivity contribution is -0.127. The molecule has 5 heteroatoms. The summed E-state index contributed by atoms with van der Waals surface area (Å²) in [6.45, 7) is 5.37. The number of pyridine rings is 1. The molecule has 90 valence electrons. The second-order valence-electron chi connectivity index (χ2n) is 3.33. The van der Waals surface area contributed by atoms with Crippen LogP contribution in [-0.4, -0.2) is 34.6 Å². The summed E-state index contributed by atoms with van der Waals surface area (Å²) in [7, 11) is 0. The van der Waals surface area contributed by atoms with Crippen LogP contribution in [0, 0.1) is 11.3 Å². The topological polar surface area (TPSA) is 57.0 Å². The average Bonchev–Trinajstić information content (AvgIpc) is 2.38. The van der Waals surface area contributed by atoms with Crippen LogP contribution in [0.25, 0.3) is 0 Å². The minimum absolute atomic E-state index is 0.101. The van der Waals surface area contributed by atoms with Crippen molar-refractivity contribution in [2.24, 2.45) is 0 Å². The van der Waals surface area contributed by atoms with Crippen LogP contribution < -0.4 is 0 Å². The minimum Gasteiger partial charge on any atom is -0.343 e. The molecule has 0 N–H and O–H groups in total. The number of aromatic nitrogens is 1. The van der Waals surface area contributed by atoms with E-state index in [-0.39, 0.29) is 5.91 Å². The summed E-state index contributed by atoms with van der Waals surface area (Å²) in [4.78, 5) is 17.6. The predicted molar refractivity (Wildman–Crippen MR) is 67.6 cm³/mol. The first kappa shape index (κ1) is 13.5. The predicted octanol–water partition coefficient (Wildman–Crippen LogP) is 1.91. The summed E-state index contributed by atoms with van der Waals surface area (Å²) < 4.78 is 0. The fraction of sp³-hybridized carbons (Fsp3) is 0.417. The molecule has 0 saturated heterocycles. The number of carbonyl (C=O) groups is 1. The molecule has 0 spiro atoms. The number of nitrogens with zero attached hydrogens (tertiary/aromatic N) is 3. The van der Waals surface area contributed by atoms with Crippen LogP contribution >= 0.6 is 11.8 Å². The molecule has 1 aromatic rings. The highest BCUT2D eigenvalue weighted by Crippen LogP contribution is 2.15. The summed E-state index contributed by atoms with van der Waals surface area (Å²) in [6, 6.07) is 7.21.